The lowest BCUT2D eigenvalue weighted by molar-refractivity contribution is -0.117. The molecular weight excluding hydrogens is 513 g/mol. The van der Waals surface area contributed by atoms with Crippen molar-refractivity contribution in [2.45, 2.75) is 0 Å². The fourth-order valence-corrected chi connectivity index (χ4v) is 5.06. The lowest BCUT2D eigenvalue weighted by atomic mass is 10.1. The highest BCUT2D eigenvalue weighted by atomic mass is 32.2. The molecule has 3 aromatic rings. The van der Waals surface area contributed by atoms with Gasteiger partial charge in [0.05, 0.1) is 24.3 Å². The number of nitrogens with zero attached hydrogens (tertiary/aromatic N) is 3. The van der Waals surface area contributed by atoms with Crippen LogP contribution in [0, 0.1) is 5.82 Å². The topological polar surface area (TPSA) is 113 Å². The molecule has 2 amide bonds. The molecule has 0 saturated carbocycles. The quantitative estimate of drug-likeness (QED) is 0.397. The van der Waals surface area contributed by atoms with Crippen LogP contribution in [0.5, 0.6) is 0 Å². The summed E-state index contributed by atoms with van der Waals surface area (Å²) in [5, 5.41) is 5.86. The number of benzene rings is 2. The molecule has 202 valence electrons. The van der Waals surface area contributed by atoms with Crippen LogP contribution in [-0.2, 0) is 19.7 Å². The molecule has 2 aromatic carbocycles. The van der Waals surface area contributed by atoms with Gasteiger partial charge in [-0.1, -0.05) is 30.3 Å². The summed E-state index contributed by atoms with van der Waals surface area (Å²) in [7, 11) is -1.03. The highest BCUT2D eigenvalue weighted by Gasteiger charge is 2.22. The number of rotatable bonds is 9. The molecule has 4 rings (SSSR count). The van der Waals surface area contributed by atoms with Gasteiger partial charge in [-0.05, 0) is 24.3 Å². The van der Waals surface area contributed by atoms with Gasteiger partial charge in [-0.2, -0.15) is 12.7 Å². The lowest BCUT2D eigenvalue weighted by Crippen LogP contribution is -2.42. The Balaban J connectivity index is 1.68. The van der Waals surface area contributed by atoms with Gasteiger partial charge in [-0.25, -0.2) is 8.36 Å². The number of para-hydroxylation sites is 1. The number of hydrogen-bond acceptors (Lipinski definition) is 6. The summed E-state index contributed by atoms with van der Waals surface area (Å²) >= 11 is 0. The molecule has 0 atom stereocenters. The number of ether oxygens (including phenoxy) is 1. The van der Waals surface area contributed by atoms with Gasteiger partial charge in [-0.3, -0.25) is 14.5 Å². The first-order valence-electron chi connectivity index (χ1n) is 12.1. The molecule has 12 heteroatoms. The van der Waals surface area contributed by atoms with E-state index in [2.05, 4.69) is 15.5 Å². The summed E-state index contributed by atoms with van der Waals surface area (Å²) in [6.07, 6.45) is 2.78. The third-order valence-electron chi connectivity index (χ3n) is 6.15. The van der Waals surface area contributed by atoms with E-state index < -0.39 is 27.8 Å². The fraction of sp³-hybridized carbons (Fsp3) is 0.308. The highest BCUT2D eigenvalue weighted by molar-refractivity contribution is 7.87. The van der Waals surface area contributed by atoms with Gasteiger partial charge in [0.2, 0.25) is 0 Å². The van der Waals surface area contributed by atoms with Crippen LogP contribution in [0.3, 0.4) is 0 Å². The Morgan fingerprint density at radius 2 is 1.76 bits per heavy atom. The van der Waals surface area contributed by atoms with E-state index in [1.165, 1.54) is 44.6 Å². The maximum Gasteiger partial charge on any atom is 0.307 e. The number of nitrogens with one attached hydrogen (secondary N) is 2. The Bertz CT molecular complexity index is 1460. The molecule has 2 N–H and O–H groups in total. The first kappa shape index (κ1) is 27.5. The second-order valence-corrected chi connectivity index (χ2v) is 10.9. The predicted molar refractivity (Wildman–Crippen MR) is 142 cm³/mol. The van der Waals surface area contributed by atoms with E-state index in [0.717, 1.165) is 27.4 Å². The normalized spacial score (nSPS) is 15.1. The molecular formula is C26H30FN5O5S. The van der Waals surface area contributed by atoms with Crippen LogP contribution < -0.4 is 10.6 Å². The molecule has 1 aliphatic heterocycles. The van der Waals surface area contributed by atoms with Gasteiger partial charge in [0, 0.05) is 57.4 Å². The Kier molecular flexibility index (Phi) is 8.57. The molecule has 0 radical (unpaired) electrons. The Morgan fingerprint density at radius 1 is 1.08 bits per heavy atom. The van der Waals surface area contributed by atoms with Gasteiger partial charge in [0.15, 0.2) is 0 Å². The predicted octanol–water partition coefficient (Wildman–Crippen LogP) is 1.65. The van der Waals surface area contributed by atoms with Crippen molar-refractivity contribution in [1.29, 1.82) is 0 Å². The molecule has 1 saturated heterocycles. The van der Waals surface area contributed by atoms with Crippen molar-refractivity contribution in [1.82, 2.24) is 23.8 Å². The molecule has 0 aliphatic carbocycles. The van der Waals surface area contributed by atoms with Crippen LogP contribution in [0.15, 0.2) is 60.4 Å². The average molecular weight is 544 g/mol. The van der Waals surface area contributed by atoms with E-state index in [4.69, 9.17) is 4.74 Å². The van der Waals surface area contributed by atoms with Crippen LogP contribution in [-0.4, -0.2) is 86.9 Å². The van der Waals surface area contributed by atoms with Crippen molar-refractivity contribution in [3.05, 3.63) is 77.4 Å². The van der Waals surface area contributed by atoms with Gasteiger partial charge >= 0.3 is 10.2 Å². The van der Waals surface area contributed by atoms with E-state index in [1.807, 2.05) is 0 Å². The summed E-state index contributed by atoms with van der Waals surface area (Å²) in [5.74, 6) is -2.12. The van der Waals surface area contributed by atoms with Crippen LogP contribution in [0.4, 0.5) is 4.39 Å². The number of hydrogen-bond donors (Lipinski definition) is 2. The van der Waals surface area contributed by atoms with E-state index >= 15 is 0 Å². The average Bonchev–Trinajstić information content (AvgIpc) is 3.28. The summed E-state index contributed by atoms with van der Waals surface area (Å²) in [6, 6.07) is 12.3. The van der Waals surface area contributed by atoms with Gasteiger partial charge in [0.1, 0.15) is 11.5 Å². The zero-order valence-electron chi connectivity index (χ0n) is 21.2. The largest absolute Gasteiger partial charge is 0.379 e. The minimum atomic E-state index is -3.87. The molecule has 1 aromatic heterocycles. The minimum Gasteiger partial charge on any atom is -0.379 e. The molecule has 10 nitrogen and oxygen atoms in total. The van der Waals surface area contributed by atoms with Crippen molar-refractivity contribution < 1.29 is 27.1 Å². The van der Waals surface area contributed by atoms with Gasteiger partial charge in [0.25, 0.3) is 11.8 Å². The fourth-order valence-electron chi connectivity index (χ4n) is 4.05. The van der Waals surface area contributed by atoms with Crippen LogP contribution >= 0.6 is 0 Å². The Hall–Kier alpha value is -3.58. The van der Waals surface area contributed by atoms with E-state index in [9.17, 15) is 22.4 Å². The van der Waals surface area contributed by atoms with Crippen LogP contribution in [0.1, 0.15) is 15.9 Å². The molecule has 0 unspecified atom stereocenters. The maximum atomic E-state index is 14.3. The first-order valence-corrected chi connectivity index (χ1v) is 13.5. The van der Waals surface area contributed by atoms with Crippen molar-refractivity contribution in [2.24, 2.45) is 0 Å². The number of amides is 2. The monoisotopic (exact) mass is 543 g/mol. The number of carbonyl (C=O) groups is 2. The Morgan fingerprint density at radius 3 is 2.47 bits per heavy atom. The summed E-state index contributed by atoms with van der Waals surface area (Å²) in [4.78, 5) is 28.3. The number of aromatic nitrogens is 1. The van der Waals surface area contributed by atoms with Crippen LogP contribution in [0.2, 0.25) is 0 Å². The SMILES string of the molecule is CN(C)S(=O)(=O)n1cc(C=C(NC(=O)c2ccccc2F)C(=O)NCCN2CCOCC2)c2ccccc21. The maximum absolute atomic E-state index is 14.3. The minimum absolute atomic E-state index is 0.148. The molecule has 2 heterocycles. The standard InChI is InChI=1S/C26H30FN5O5S/c1-30(2)38(35,36)32-18-19(20-7-4-6-10-24(20)32)17-23(29-25(33)21-8-3-5-9-22(21)27)26(34)28-11-12-31-13-15-37-16-14-31/h3-10,17-18H,11-16H2,1-2H3,(H,28,34)(H,29,33). The highest BCUT2D eigenvalue weighted by Crippen LogP contribution is 2.25. The second kappa shape index (κ2) is 11.9. The first-order chi connectivity index (χ1) is 18.2. The molecule has 38 heavy (non-hydrogen) atoms. The summed E-state index contributed by atoms with van der Waals surface area (Å²) < 4.78 is 47.7. The zero-order valence-corrected chi connectivity index (χ0v) is 22.0. The molecule has 1 fully saturated rings. The second-order valence-electron chi connectivity index (χ2n) is 8.89. The van der Waals surface area contributed by atoms with Gasteiger partial charge < -0.3 is 15.4 Å². The Labute approximate surface area is 220 Å². The van der Waals surface area contributed by atoms with Crippen molar-refractivity contribution in [3.8, 4) is 0 Å². The molecule has 1 aliphatic rings. The smallest absolute Gasteiger partial charge is 0.307 e. The zero-order chi connectivity index (χ0) is 27.3. The molecule has 0 spiro atoms. The summed E-state index contributed by atoms with van der Waals surface area (Å²) in [6.45, 7) is 3.65. The number of carbonyl (C=O) groups excluding carboxylic acids is 2. The van der Waals surface area contributed by atoms with Crippen molar-refractivity contribution in [3.63, 3.8) is 0 Å². The van der Waals surface area contributed by atoms with Crippen molar-refractivity contribution >= 4 is 39.0 Å². The van der Waals surface area contributed by atoms with Crippen LogP contribution in [0.25, 0.3) is 17.0 Å². The number of fused-ring (bicyclic) bond motifs is 1. The van der Waals surface area contributed by atoms with E-state index in [0.29, 0.717) is 42.8 Å². The summed E-state index contributed by atoms with van der Waals surface area (Å²) in [5.41, 5.74) is 0.417. The molecule has 0 bridgehead atoms. The third-order valence-corrected chi connectivity index (χ3v) is 7.87. The number of morpholine rings is 1. The lowest BCUT2D eigenvalue weighted by Gasteiger charge is -2.26. The number of halogens is 1. The van der Waals surface area contributed by atoms with Gasteiger partial charge in [-0.15, -0.1) is 0 Å². The third kappa shape index (κ3) is 6.10. The van der Waals surface area contributed by atoms with Crippen molar-refractivity contribution in [2.75, 3.05) is 53.5 Å². The van der Waals surface area contributed by atoms with E-state index in [-0.39, 0.29) is 11.3 Å². The van der Waals surface area contributed by atoms with E-state index in [1.54, 1.807) is 24.3 Å².